The molecule has 4 N–H and O–H groups in total. The minimum atomic E-state index is -1.14. The number of hydrogen-bond donors (Lipinski definition) is 4. The Kier molecular flexibility index (Phi) is 6.50. The normalized spacial score (nSPS) is 10.7. The fourth-order valence-corrected chi connectivity index (χ4v) is 3.70. The van der Waals surface area contributed by atoms with Crippen molar-refractivity contribution in [3.8, 4) is 22.6 Å². The average Bonchev–Trinajstić information content (AvgIpc) is 3.41. The molecule has 0 amide bonds. The van der Waals surface area contributed by atoms with Crippen LogP contribution in [0.1, 0.15) is 20.8 Å². The Hall–Kier alpha value is -5.00. The van der Waals surface area contributed by atoms with E-state index in [0.29, 0.717) is 28.6 Å². The molecule has 4 rings (SSSR count). The number of benzene rings is 2. The van der Waals surface area contributed by atoms with E-state index < -0.39 is 11.9 Å². The Morgan fingerprint density at radius 2 is 1.33 bits per heavy atom. The monoisotopic (exact) mass is 492 g/mol. The second kappa shape index (κ2) is 9.70. The van der Waals surface area contributed by atoms with Crippen LogP contribution >= 0.6 is 0 Å². The van der Waals surface area contributed by atoms with Crippen LogP contribution < -0.4 is 20.1 Å². The molecule has 12 nitrogen and oxygen atoms in total. The predicted molar refractivity (Wildman–Crippen MR) is 132 cm³/mol. The zero-order chi connectivity index (χ0) is 26.0. The lowest BCUT2D eigenvalue weighted by Crippen LogP contribution is -2.03. The fourth-order valence-electron chi connectivity index (χ4n) is 3.70. The number of rotatable bonds is 9. The van der Waals surface area contributed by atoms with E-state index in [2.05, 4.69) is 20.8 Å². The number of aryl methyl sites for hydroxylation is 2. The molecule has 2 heterocycles. The molecule has 0 saturated heterocycles. The van der Waals surface area contributed by atoms with Crippen LogP contribution in [0.15, 0.2) is 48.8 Å². The van der Waals surface area contributed by atoms with Crippen molar-refractivity contribution < 1.29 is 29.3 Å². The topological polar surface area (TPSA) is 153 Å². The van der Waals surface area contributed by atoms with Crippen LogP contribution in [0.4, 0.5) is 22.9 Å². The third-order valence-corrected chi connectivity index (χ3v) is 5.35. The van der Waals surface area contributed by atoms with Gasteiger partial charge in [0.1, 0.15) is 17.1 Å². The summed E-state index contributed by atoms with van der Waals surface area (Å²) in [6, 6.07) is 10.9. The summed E-state index contributed by atoms with van der Waals surface area (Å²) in [5.41, 5.74) is 3.02. The zero-order valence-electron chi connectivity index (χ0n) is 19.9. The molecule has 0 aliphatic rings. The molecule has 0 fully saturated rings. The van der Waals surface area contributed by atoms with Crippen molar-refractivity contribution in [1.29, 1.82) is 0 Å². The van der Waals surface area contributed by atoms with Crippen molar-refractivity contribution >= 4 is 34.8 Å². The number of carboxylic acid groups (broad SMARTS) is 2. The van der Waals surface area contributed by atoms with Crippen LogP contribution in [0.5, 0.6) is 11.5 Å². The van der Waals surface area contributed by atoms with E-state index in [1.165, 1.54) is 29.8 Å². The predicted octanol–water partition coefficient (Wildman–Crippen LogP) is 3.72. The molecule has 36 heavy (non-hydrogen) atoms. The Balaban J connectivity index is 1.64. The van der Waals surface area contributed by atoms with Gasteiger partial charge in [0, 0.05) is 26.5 Å². The molecule has 0 bridgehead atoms. The van der Waals surface area contributed by atoms with Crippen LogP contribution in [-0.4, -0.2) is 55.9 Å². The number of carbonyl (C=O) groups is 2. The fraction of sp³-hybridized carbons (Fsp3) is 0.167. The molecule has 0 aliphatic heterocycles. The van der Waals surface area contributed by atoms with Gasteiger partial charge in [0.15, 0.2) is 11.5 Å². The smallest absolute Gasteiger partial charge is 0.358 e. The number of aromatic nitrogens is 4. The van der Waals surface area contributed by atoms with Crippen molar-refractivity contribution in [3.63, 3.8) is 0 Å². The SMILES string of the molecule is COc1cc(-c2ccc(Nc3nn(C)cc3C(=O)O)c(OC)c2)ccc1Nc1cn(C)nc1C(=O)O. The third kappa shape index (κ3) is 4.78. The van der Waals surface area contributed by atoms with Crippen molar-refractivity contribution in [2.75, 3.05) is 24.9 Å². The van der Waals surface area contributed by atoms with Gasteiger partial charge in [-0.1, -0.05) is 12.1 Å². The van der Waals surface area contributed by atoms with Crippen molar-refractivity contribution in [3.05, 3.63) is 60.0 Å². The highest BCUT2D eigenvalue weighted by Gasteiger charge is 2.18. The Morgan fingerprint density at radius 3 is 1.86 bits per heavy atom. The van der Waals surface area contributed by atoms with Gasteiger partial charge in [-0.15, -0.1) is 0 Å². The van der Waals surface area contributed by atoms with Crippen molar-refractivity contribution in [1.82, 2.24) is 19.6 Å². The van der Waals surface area contributed by atoms with Crippen molar-refractivity contribution in [2.24, 2.45) is 14.1 Å². The number of carboxylic acids is 2. The van der Waals surface area contributed by atoms with Gasteiger partial charge in [0.2, 0.25) is 0 Å². The molecule has 0 saturated carbocycles. The van der Waals surface area contributed by atoms with Gasteiger partial charge >= 0.3 is 11.9 Å². The summed E-state index contributed by atoms with van der Waals surface area (Å²) < 4.78 is 13.9. The highest BCUT2D eigenvalue weighted by molar-refractivity contribution is 5.94. The lowest BCUT2D eigenvalue weighted by molar-refractivity contribution is 0.0683. The van der Waals surface area contributed by atoms with Gasteiger partial charge in [0.25, 0.3) is 0 Å². The Bertz CT molecular complexity index is 1350. The third-order valence-electron chi connectivity index (χ3n) is 5.35. The highest BCUT2D eigenvalue weighted by Crippen LogP contribution is 2.37. The molecule has 0 aliphatic carbocycles. The van der Waals surface area contributed by atoms with Gasteiger partial charge in [-0.25, -0.2) is 9.59 Å². The molecule has 0 atom stereocenters. The Morgan fingerprint density at radius 1 is 0.778 bits per heavy atom. The summed E-state index contributed by atoms with van der Waals surface area (Å²) >= 11 is 0. The quantitative estimate of drug-likeness (QED) is 0.272. The van der Waals surface area contributed by atoms with Crippen molar-refractivity contribution in [2.45, 2.75) is 0 Å². The number of methoxy groups -OCH3 is 2. The van der Waals surface area contributed by atoms with Gasteiger partial charge in [-0.05, 0) is 35.4 Å². The first kappa shape index (κ1) is 24.1. The van der Waals surface area contributed by atoms with E-state index in [4.69, 9.17) is 9.47 Å². The summed E-state index contributed by atoms with van der Waals surface area (Å²) in [7, 11) is 6.31. The lowest BCUT2D eigenvalue weighted by atomic mass is 10.0. The first-order valence-electron chi connectivity index (χ1n) is 10.6. The maximum atomic E-state index is 11.5. The van der Waals surface area contributed by atoms with Gasteiger partial charge in [-0.3, -0.25) is 9.36 Å². The van der Waals surface area contributed by atoms with E-state index in [0.717, 1.165) is 11.1 Å². The van der Waals surface area contributed by atoms with E-state index in [1.54, 1.807) is 38.5 Å². The van der Waals surface area contributed by atoms with Gasteiger partial charge in [0.05, 0.1) is 31.3 Å². The Labute approximate surface area is 205 Å². The number of nitrogens with one attached hydrogen (secondary N) is 2. The maximum absolute atomic E-state index is 11.5. The molecular weight excluding hydrogens is 468 g/mol. The standard InChI is InChI=1S/C24H24N6O6/c1-29-11-15(23(31)32)22(28-29)26-17-8-6-14(10-20(17)36-4)13-5-7-16(19(9-13)35-3)25-18-12-30(2)27-21(18)24(33)34/h5-12,25H,1-4H3,(H,26,28)(H,31,32)(H,33,34). The minimum absolute atomic E-state index is 0.0381. The highest BCUT2D eigenvalue weighted by atomic mass is 16.5. The number of aromatic carboxylic acids is 2. The van der Waals surface area contributed by atoms with E-state index in [1.807, 2.05) is 18.2 Å². The van der Waals surface area contributed by atoms with E-state index >= 15 is 0 Å². The molecule has 0 spiro atoms. The van der Waals surface area contributed by atoms with Crippen LogP contribution in [0.2, 0.25) is 0 Å². The molecule has 4 aromatic rings. The zero-order valence-corrected chi connectivity index (χ0v) is 19.9. The summed E-state index contributed by atoms with van der Waals surface area (Å²) in [5, 5.41) is 33.0. The molecule has 0 unspecified atom stereocenters. The molecule has 2 aromatic heterocycles. The average molecular weight is 492 g/mol. The summed E-state index contributed by atoms with van der Waals surface area (Å²) in [5.74, 6) is -1.06. The summed E-state index contributed by atoms with van der Waals surface area (Å²) in [6.45, 7) is 0. The molecule has 2 aromatic carbocycles. The summed E-state index contributed by atoms with van der Waals surface area (Å²) in [6.07, 6.45) is 2.99. The van der Waals surface area contributed by atoms with Gasteiger partial charge in [-0.2, -0.15) is 10.2 Å². The maximum Gasteiger partial charge on any atom is 0.358 e. The molecule has 12 heteroatoms. The van der Waals surface area contributed by atoms with E-state index in [9.17, 15) is 19.8 Å². The minimum Gasteiger partial charge on any atom is -0.495 e. The van der Waals surface area contributed by atoms with E-state index in [-0.39, 0.29) is 17.1 Å². The summed E-state index contributed by atoms with van der Waals surface area (Å²) in [4.78, 5) is 23.0. The molecular formula is C24H24N6O6. The number of hydrogen-bond acceptors (Lipinski definition) is 8. The number of ether oxygens (including phenoxy) is 2. The number of nitrogens with zero attached hydrogens (tertiary/aromatic N) is 4. The second-order valence-corrected chi connectivity index (χ2v) is 7.82. The first-order valence-corrected chi connectivity index (χ1v) is 10.6. The van der Waals surface area contributed by atoms with Crippen LogP contribution in [-0.2, 0) is 14.1 Å². The van der Waals surface area contributed by atoms with Crippen LogP contribution in [0, 0.1) is 0 Å². The van der Waals surface area contributed by atoms with Gasteiger partial charge < -0.3 is 30.3 Å². The molecule has 0 radical (unpaired) electrons. The lowest BCUT2D eigenvalue weighted by Gasteiger charge is -2.14. The largest absolute Gasteiger partial charge is 0.495 e. The van der Waals surface area contributed by atoms with Crippen LogP contribution in [0.25, 0.3) is 11.1 Å². The first-order chi connectivity index (χ1) is 17.2. The van der Waals surface area contributed by atoms with Crippen LogP contribution in [0.3, 0.4) is 0 Å². The number of anilines is 4. The second-order valence-electron chi connectivity index (χ2n) is 7.82. The molecule has 186 valence electrons.